The summed E-state index contributed by atoms with van der Waals surface area (Å²) in [6, 6.07) is 3.80. The minimum absolute atomic E-state index is 0.665. The molecule has 0 atom stereocenters. The summed E-state index contributed by atoms with van der Waals surface area (Å²) in [7, 11) is 0. The molecule has 1 N–H and O–H groups in total. The predicted octanol–water partition coefficient (Wildman–Crippen LogP) is 1.45. The van der Waals surface area contributed by atoms with Crippen LogP contribution in [0.3, 0.4) is 0 Å². The molecule has 0 saturated carbocycles. The van der Waals surface area contributed by atoms with E-state index in [1.807, 2.05) is 19.1 Å². The number of aromatic nitrogens is 4. The molecule has 0 amide bonds. The van der Waals surface area contributed by atoms with Gasteiger partial charge in [0, 0.05) is 31.0 Å². The molecule has 5 nitrogen and oxygen atoms in total. The number of pyridine rings is 1. The number of hydrogen-bond acceptors (Lipinski definition) is 4. The molecule has 2 aromatic rings. The van der Waals surface area contributed by atoms with Crippen LogP contribution in [0, 0.1) is 0 Å². The molecule has 0 aliphatic carbocycles. The van der Waals surface area contributed by atoms with Gasteiger partial charge in [0.25, 0.3) is 0 Å². The van der Waals surface area contributed by atoms with Crippen LogP contribution in [-0.4, -0.2) is 33.4 Å². The Balaban J connectivity index is 2.02. The second kappa shape index (κ2) is 5.37. The lowest BCUT2D eigenvalue weighted by molar-refractivity contribution is 0.149. The molecule has 2 aromatic heterocycles. The van der Waals surface area contributed by atoms with Crippen LogP contribution < -0.4 is 0 Å². The van der Waals surface area contributed by atoms with Crippen molar-refractivity contribution in [2.24, 2.45) is 0 Å². The van der Waals surface area contributed by atoms with Gasteiger partial charge >= 0.3 is 0 Å². The van der Waals surface area contributed by atoms with Crippen LogP contribution in [0.1, 0.15) is 12.7 Å². The summed E-state index contributed by atoms with van der Waals surface area (Å²) in [5.41, 5.74) is 0.918. The topological polar surface area (TPSA) is 63.7 Å². The minimum atomic E-state index is 0.665. The van der Waals surface area contributed by atoms with E-state index in [1.54, 1.807) is 12.4 Å². The van der Waals surface area contributed by atoms with Gasteiger partial charge < -0.3 is 4.74 Å². The fraction of sp³-hybridized carbons (Fsp3) is 0.364. The molecule has 2 heterocycles. The molecule has 0 aromatic carbocycles. The van der Waals surface area contributed by atoms with Gasteiger partial charge in [0.2, 0.25) is 0 Å². The first-order chi connectivity index (χ1) is 7.90. The standard InChI is InChI=1S/C11H14N4O/c1-2-16-7-5-10-13-11(15-14-10)9-4-3-6-12-8-9/h3-4,6,8H,2,5,7H2,1H3,(H,13,14,15). The summed E-state index contributed by atoms with van der Waals surface area (Å²) in [6.07, 6.45) is 4.22. The third kappa shape index (κ3) is 2.64. The molecule has 0 unspecified atom stereocenters. The van der Waals surface area contributed by atoms with E-state index in [1.165, 1.54) is 0 Å². The number of nitrogens with zero attached hydrogens (tertiary/aromatic N) is 3. The first kappa shape index (κ1) is 10.8. The average Bonchev–Trinajstić information content (AvgIpc) is 2.79. The minimum Gasteiger partial charge on any atom is -0.381 e. The van der Waals surface area contributed by atoms with E-state index in [2.05, 4.69) is 20.2 Å². The highest BCUT2D eigenvalue weighted by Gasteiger charge is 2.05. The van der Waals surface area contributed by atoms with Gasteiger partial charge in [0.15, 0.2) is 5.82 Å². The third-order valence-corrected chi connectivity index (χ3v) is 2.14. The zero-order valence-corrected chi connectivity index (χ0v) is 9.18. The van der Waals surface area contributed by atoms with Crippen molar-refractivity contribution in [3.8, 4) is 11.4 Å². The fourth-order valence-electron chi connectivity index (χ4n) is 1.34. The van der Waals surface area contributed by atoms with Gasteiger partial charge in [-0.15, -0.1) is 0 Å². The smallest absolute Gasteiger partial charge is 0.182 e. The first-order valence-corrected chi connectivity index (χ1v) is 5.29. The molecule has 0 bridgehead atoms. The Bertz CT molecular complexity index is 427. The lowest BCUT2D eigenvalue weighted by atomic mass is 10.3. The van der Waals surface area contributed by atoms with E-state index < -0.39 is 0 Å². The second-order valence-corrected chi connectivity index (χ2v) is 3.29. The van der Waals surface area contributed by atoms with Gasteiger partial charge in [0.1, 0.15) is 5.82 Å². The van der Waals surface area contributed by atoms with Gasteiger partial charge in [-0.25, -0.2) is 4.98 Å². The lowest BCUT2D eigenvalue weighted by Gasteiger charge is -1.96. The highest BCUT2D eigenvalue weighted by Crippen LogP contribution is 2.11. The van der Waals surface area contributed by atoms with Crippen molar-refractivity contribution in [2.45, 2.75) is 13.3 Å². The summed E-state index contributed by atoms with van der Waals surface area (Å²) >= 11 is 0. The van der Waals surface area contributed by atoms with Crippen molar-refractivity contribution in [3.63, 3.8) is 0 Å². The second-order valence-electron chi connectivity index (χ2n) is 3.29. The molecule has 5 heteroatoms. The zero-order valence-electron chi connectivity index (χ0n) is 9.18. The van der Waals surface area contributed by atoms with Crippen molar-refractivity contribution >= 4 is 0 Å². The monoisotopic (exact) mass is 218 g/mol. The Morgan fingerprint density at radius 2 is 2.38 bits per heavy atom. The van der Waals surface area contributed by atoms with Crippen LogP contribution in [0.2, 0.25) is 0 Å². The van der Waals surface area contributed by atoms with Crippen LogP contribution in [0.4, 0.5) is 0 Å². The van der Waals surface area contributed by atoms with Crippen molar-refractivity contribution in [2.75, 3.05) is 13.2 Å². The molecular formula is C11H14N4O. The van der Waals surface area contributed by atoms with Crippen molar-refractivity contribution in [1.82, 2.24) is 20.2 Å². The maximum absolute atomic E-state index is 5.25. The third-order valence-electron chi connectivity index (χ3n) is 2.14. The molecule has 0 aliphatic rings. The predicted molar refractivity (Wildman–Crippen MR) is 59.8 cm³/mol. The van der Waals surface area contributed by atoms with Gasteiger partial charge in [-0.05, 0) is 19.1 Å². The molecule has 0 aliphatic heterocycles. The van der Waals surface area contributed by atoms with E-state index in [9.17, 15) is 0 Å². The summed E-state index contributed by atoms with van der Waals surface area (Å²) in [4.78, 5) is 8.39. The molecule has 84 valence electrons. The number of H-pyrrole nitrogens is 1. The molecule has 0 fully saturated rings. The quantitative estimate of drug-likeness (QED) is 0.771. The SMILES string of the molecule is CCOCCc1nc(-c2cccnc2)n[nH]1. The Kier molecular flexibility index (Phi) is 3.61. The van der Waals surface area contributed by atoms with Gasteiger partial charge in [-0.2, -0.15) is 5.10 Å². The van der Waals surface area contributed by atoms with Crippen LogP contribution in [-0.2, 0) is 11.2 Å². The molecule has 0 radical (unpaired) electrons. The maximum atomic E-state index is 5.25. The van der Waals surface area contributed by atoms with E-state index >= 15 is 0 Å². The molecule has 0 saturated heterocycles. The van der Waals surface area contributed by atoms with Crippen LogP contribution >= 0.6 is 0 Å². The van der Waals surface area contributed by atoms with E-state index in [0.29, 0.717) is 12.4 Å². The largest absolute Gasteiger partial charge is 0.381 e. The fourth-order valence-corrected chi connectivity index (χ4v) is 1.34. The number of aromatic amines is 1. The van der Waals surface area contributed by atoms with Gasteiger partial charge in [-0.1, -0.05) is 0 Å². The van der Waals surface area contributed by atoms with Crippen molar-refractivity contribution in [1.29, 1.82) is 0 Å². The van der Waals surface area contributed by atoms with Crippen LogP contribution in [0.15, 0.2) is 24.5 Å². The summed E-state index contributed by atoms with van der Waals surface area (Å²) in [5, 5.41) is 7.03. The Hall–Kier alpha value is -1.75. The molecule has 0 spiro atoms. The Morgan fingerprint density at radius 3 is 3.12 bits per heavy atom. The first-order valence-electron chi connectivity index (χ1n) is 5.29. The number of hydrogen-bond donors (Lipinski definition) is 1. The normalized spacial score (nSPS) is 10.6. The molecule has 16 heavy (non-hydrogen) atoms. The summed E-state index contributed by atoms with van der Waals surface area (Å²) in [5.74, 6) is 1.52. The highest BCUT2D eigenvalue weighted by molar-refractivity contribution is 5.52. The van der Waals surface area contributed by atoms with Gasteiger partial charge in [-0.3, -0.25) is 10.1 Å². The van der Waals surface area contributed by atoms with Crippen LogP contribution in [0.25, 0.3) is 11.4 Å². The number of rotatable bonds is 5. The summed E-state index contributed by atoms with van der Waals surface area (Å²) in [6.45, 7) is 3.36. The average molecular weight is 218 g/mol. The van der Waals surface area contributed by atoms with E-state index in [-0.39, 0.29) is 0 Å². The maximum Gasteiger partial charge on any atom is 0.182 e. The lowest BCUT2D eigenvalue weighted by Crippen LogP contribution is -1.99. The Morgan fingerprint density at radius 1 is 1.44 bits per heavy atom. The highest BCUT2D eigenvalue weighted by atomic mass is 16.5. The Labute approximate surface area is 93.9 Å². The van der Waals surface area contributed by atoms with E-state index in [4.69, 9.17) is 4.74 Å². The molecule has 2 rings (SSSR count). The van der Waals surface area contributed by atoms with E-state index in [0.717, 1.165) is 24.4 Å². The van der Waals surface area contributed by atoms with Crippen molar-refractivity contribution < 1.29 is 4.74 Å². The van der Waals surface area contributed by atoms with Crippen molar-refractivity contribution in [3.05, 3.63) is 30.4 Å². The number of ether oxygens (including phenoxy) is 1. The zero-order chi connectivity index (χ0) is 11.2. The summed E-state index contributed by atoms with van der Waals surface area (Å²) < 4.78 is 5.25. The number of nitrogens with one attached hydrogen (secondary N) is 1. The molecular weight excluding hydrogens is 204 g/mol. The van der Waals surface area contributed by atoms with Gasteiger partial charge in [0.05, 0.1) is 6.61 Å². The van der Waals surface area contributed by atoms with Crippen LogP contribution in [0.5, 0.6) is 0 Å².